The zero-order valence-corrected chi connectivity index (χ0v) is 12.5. The zero-order chi connectivity index (χ0) is 15.2. The van der Waals surface area contributed by atoms with Gasteiger partial charge in [0.15, 0.2) is 0 Å². The van der Waals surface area contributed by atoms with Gasteiger partial charge in [0, 0.05) is 17.9 Å². The third kappa shape index (κ3) is 2.20. The highest BCUT2D eigenvalue weighted by atomic mass is 16.5. The van der Waals surface area contributed by atoms with Gasteiger partial charge in [-0.3, -0.25) is 4.79 Å². The normalized spacial score (nSPS) is 28.2. The Morgan fingerprint density at radius 3 is 2.67 bits per heavy atom. The summed E-state index contributed by atoms with van der Waals surface area (Å²) < 4.78 is 5.32. The summed E-state index contributed by atoms with van der Waals surface area (Å²) in [7, 11) is 0. The number of hydrogen-bond acceptors (Lipinski definition) is 4. The summed E-state index contributed by atoms with van der Waals surface area (Å²) >= 11 is 0. The second-order valence-corrected chi connectivity index (χ2v) is 6.11. The van der Waals surface area contributed by atoms with Crippen LogP contribution in [0, 0.1) is 12.8 Å². The van der Waals surface area contributed by atoms with Crippen LogP contribution >= 0.6 is 0 Å². The fourth-order valence-electron chi connectivity index (χ4n) is 3.62. The Bertz CT molecular complexity index is 673. The van der Waals surface area contributed by atoms with E-state index in [0.717, 1.165) is 22.6 Å². The molecule has 2 aromatic rings. The molecule has 0 radical (unpaired) electrons. The van der Waals surface area contributed by atoms with E-state index in [1.807, 2.05) is 37.3 Å². The highest BCUT2D eigenvalue weighted by Crippen LogP contribution is 2.46. The highest BCUT2D eigenvalue weighted by Gasteiger charge is 2.49. The van der Waals surface area contributed by atoms with Gasteiger partial charge in [0.2, 0.25) is 0 Å². The molecule has 0 fully saturated rings. The number of benzene rings is 1. The lowest BCUT2D eigenvalue weighted by Crippen LogP contribution is -2.48. The number of aliphatic hydroxyl groups is 1. The van der Waals surface area contributed by atoms with Crippen molar-refractivity contribution in [1.29, 1.82) is 0 Å². The maximum absolute atomic E-state index is 12.2. The van der Waals surface area contributed by atoms with Gasteiger partial charge in [-0.2, -0.15) is 0 Å². The molecule has 1 aliphatic rings. The van der Waals surface area contributed by atoms with Crippen molar-refractivity contribution >= 4 is 5.78 Å². The van der Waals surface area contributed by atoms with Crippen LogP contribution in [0.15, 0.2) is 34.9 Å². The molecule has 110 valence electrons. The number of carbonyl (C=O) groups excluding carboxylic acids is 1. The highest BCUT2D eigenvalue weighted by molar-refractivity contribution is 5.82. The van der Waals surface area contributed by atoms with Gasteiger partial charge >= 0.3 is 0 Å². The van der Waals surface area contributed by atoms with Crippen LogP contribution in [-0.2, 0) is 11.2 Å². The summed E-state index contributed by atoms with van der Waals surface area (Å²) in [5.74, 6) is -0.0000869. The van der Waals surface area contributed by atoms with Crippen molar-refractivity contribution < 1.29 is 14.4 Å². The molecule has 0 saturated heterocycles. The van der Waals surface area contributed by atoms with Crippen molar-refractivity contribution in [3.63, 3.8) is 0 Å². The van der Waals surface area contributed by atoms with Crippen molar-refractivity contribution in [3.8, 4) is 0 Å². The van der Waals surface area contributed by atoms with Gasteiger partial charge < -0.3 is 9.63 Å². The van der Waals surface area contributed by atoms with Crippen molar-refractivity contribution in [2.45, 2.75) is 38.7 Å². The predicted octanol–water partition coefficient (Wildman–Crippen LogP) is 2.63. The number of fused-ring (bicyclic) bond motifs is 1. The van der Waals surface area contributed by atoms with Crippen molar-refractivity contribution in [2.24, 2.45) is 5.92 Å². The number of aryl methyl sites for hydroxylation is 1. The first-order valence-electron chi connectivity index (χ1n) is 7.14. The smallest absolute Gasteiger partial charge is 0.137 e. The van der Waals surface area contributed by atoms with Gasteiger partial charge in [-0.15, -0.1) is 0 Å². The van der Waals surface area contributed by atoms with E-state index in [2.05, 4.69) is 5.16 Å². The van der Waals surface area contributed by atoms with E-state index in [-0.39, 0.29) is 11.7 Å². The molecule has 21 heavy (non-hydrogen) atoms. The minimum absolute atomic E-state index is 0.0138. The molecule has 3 rings (SSSR count). The largest absolute Gasteiger partial charge is 0.389 e. The Morgan fingerprint density at radius 2 is 2.05 bits per heavy atom. The average Bonchev–Trinajstić information content (AvgIpc) is 2.77. The number of Topliss-reactive ketones (excluding diaryl/α,β-unsaturated/α-hetero) is 1. The molecule has 0 unspecified atom stereocenters. The molecule has 3 atom stereocenters. The molecule has 0 saturated carbocycles. The first kappa shape index (κ1) is 14.0. The van der Waals surface area contributed by atoms with Crippen LogP contribution in [0.3, 0.4) is 0 Å². The fourth-order valence-corrected chi connectivity index (χ4v) is 3.62. The topological polar surface area (TPSA) is 63.3 Å². The molecule has 1 aromatic carbocycles. The van der Waals surface area contributed by atoms with E-state index >= 15 is 0 Å². The minimum Gasteiger partial charge on any atom is -0.389 e. The quantitative estimate of drug-likeness (QED) is 0.921. The molecule has 0 amide bonds. The van der Waals surface area contributed by atoms with Crippen molar-refractivity contribution in [1.82, 2.24) is 5.16 Å². The zero-order valence-electron chi connectivity index (χ0n) is 12.5. The molecule has 4 nitrogen and oxygen atoms in total. The lowest BCUT2D eigenvalue weighted by molar-refractivity contribution is -0.130. The van der Waals surface area contributed by atoms with Gasteiger partial charge in [0.1, 0.15) is 11.5 Å². The second-order valence-electron chi connectivity index (χ2n) is 6.11. The predicted molar refractivity (Wildman–Crippen MR) is 78.0 cm³/mol. The van der Waals surface area contributed by atoms with Gasteiger partial charge in [-0.05, 0) is 26.3 Å². The number of carbonyl (C=O) groups is 1. The van der Waals surface area contributed by atoms with E-state index in [0.29, 0.717) is 6.42 Å². The van der Waals surface area contributed by atoms with Crippen LogP contribution < -0.4 is 0 Å². The summed E-state index contributed by atoms with van der Waals surface area (Å²) in [6.45, 7) is 5.11. The molecule has 1 aliphatic carbocycles. The van der Waals surface area contributed by atoms with Gasteiger partial charge in [0.25, 0.3) is 0 Å². The molecule has 1 N–H and O–H groups in total. The number of hydrogen-bond donors (Lipinski definition) is 1. The van der Waals surface area contributed by atoms with E-state index in [1.54, 1.807) is 13.8 Å². The second kappa shape index (κ2) is 4.81. The Hall–Kier alpha value is -1.94. The molecule has 1 aromatic heterocycles. The molecule has 4 heteroatoms. The Labute approximate surface area is 123 Å². The monoisotopic (exact) mass is 285 g/mol. The maximum atomic E-state index is 12.2. The van der Waals surface area contributed by atoms with E-state index < -0.39 is 11.5 Å². The average molecular weight is 285 g/mol. The van der Waals surface area contributed by atoms with E-state index in [1.165, 1.54) is 0 Å². The van der Waals surface area contributed by atoms with Crippen LogP contribution in [0.25, 0.3) is 0 Å². The van der Waals surface area contributed by atoms with Gasteiger partial charge in [-0.25, -0.2) is 0 Å². The number of nitrogens with zero attached hydrogens (tertiary/aromatic N) is 1. The van der Waals surface area contributed by atoms with E-state index in [9.17, 15) is 9.90 Å². The van der Waals surface area contributed by atoms with Gasteiger partial charge in [0.05, 0.1) is 17.2 Å². The molecule has 0 bridgehead atoms. The Kier molecular flexibility index (Phi) is 3.21. The molecular weight excluding hydrogens is 266 g/mol. The molecule has 1 heterocycles. The first-order valence-corrected chi connectivity index (χ1v) is 7.14. The number of rotatable bonds is 2. The first-order chi connectivity index (χ1) is 9.92. The van der Waals surface area contributed by atoms with E-state index in [4.69, 9.17) is 4.52 Å². The molecule has 0 aliphatic heterocycles. The number of aromatic nitrogens is 1. The third-order valence-corrected chi connectivity index (χ3v) is 4.42. The summed E-state index contributed by atoms with van der Waals surface area (Å²) in [4.78, 5) is 12.2. The fraction of sp³-hybridized carbons (Fsp3) is 0.412. The third-order valence-electron chi connectivity index (χ3n) is 4.42. The lowest BCUT2D eigenvalue weighted by atomic mass is 9.64. The molecular formula is C17H19NO3. The summed E-state index contributed by atoms with van der Waals surface area (Å²) in [6.07, 6.45) is 0.341. The number of ketones is 1. The van der Waals surface area contributed by atoms with Crippen LogP contribution in [-0.4, -0.2) is 21.6 Å². The Balaban J connectivity index is 2.24. The SMILES string of the molecule is CC(=O)[C@H]1[C@@H](c2ccccc2)c2c(noc2C)C[C@@]1(C)O. The van der Waals surface area contributed by atoms with Crippen LogP contribution in [0.1, 0.15) is 42.3 Å². The van der Waals surface area contributed by atoms with Crippen LogP contribution in [0.4, 0.5) is 0 Å². The van der Waals surface area contributed by atoms with Gasteiger partial charge in [-0.1, -0.05) is 35.5 Å². The van der Waals surface area contributed by atoms with Crippen LogP contribution in [0.5, 0.6) is 0 Å². The van der Waals surface area contributed by atoms with Crippen LogP contribution in [0.2, 0.25) is 0 Å². The summed E-state index contributed by atoms with van der Waals surface area (Å²) in [5, 5.41) is 14.9. The van der Waals surface area contributed by atoms with Crippen molar-refractivity contribution in [2.75, 3.05) is 0 Å². The van der Waals surface area contributed by atoms with Crippen molar-refractivity contribution in [3.05, 3.63) is 52.9 Å². The lowest BCUT2D eigenvalue weighted by Gasteiger charge is -2.40. The Morgan fingerprint density at radius 1 is 1.38 bits per heavy atom. The standard InChI is InChI=1S/C17H19NO3/c1-10(19)16-15(12-7-5-4-6-8-12)14-11(2)21-18-13(14)9-17(16,3)20/h4-8,15-16,20H,9H2,1-3H3/t15-,16-,17+/m0/s1. The summed E-state index contributed by atoms with van der Waals surface area (Å²) in [6, 6.07) is 9.79. The maximum Gasteiger partial charge on any atom is 0.137 e. The molecule has 0 spiro atoms. The minimum atomic E-state index is -1.12. The summed E-state index contributed by atoms with van der Waals surface area (Å²) in [5.41, 5.74) is 1.59.